The maximum atomic E-state index is 12.3. The predicted octanol–water partition coefficient (Wildman–Crippen LogP) is 3.06. The van der Waals surface area contributed by atoms with Crippen molar-refractivity contribution in [3.63, 3.8) is 0 Å². The third-order valence-electron chi connectivity index (χ3n) is 3.25. The molecule has 1 fully saturated rings. The molecule has 1 aromatic rings. The van der Waals surface area contributed by atoms with E-state index in [0.717, 1.165) is 4.47 Å². The summed E-state index contributed by atoms with van der Waals surface area (Å²) in [5.74, 6) is -0.195. The van der Waals surface area contributed by atoms with Crippen LogP contribution in [0.4, 0.5) is 13.2 Å². The van der Waals surface area contributed by atoms with E-state index in [1.54, 1.807) is 23.1 Å². The Hall–Kier alpha value is -0.730. The van der Waals surface area contributed by atoms with E-state index in [4.69, 9.17) is 0 Å². The molecular formula is C13H14BrF3N2OS. The van der Waals surface area contributed by atoms with Gasteiger partial charge in [-0.2, -0.15) is 13.2 Å². The maximum Gasteiger partial charge on any atom is 0.401 e. The molecule has 8 heteroatoms. The molecule has 1 aliphatic rings. The fourth-order valence-corrected chi connectivity index (χ4v) is 3.07. The molecule has 1 aromatic carbocycles. The van der Waals surface area contributed by atoms with Gasteiger partial charge in [0.15, 0.2) is 0 Å². The molecule has 0 saturated carbocycles. The van der Waals surface area contributed by atoms with Gasteiger partial charge in [-0.3, -0.25) is 9.69 Å². The molecule has 1 aliphatic heterocycles. The largest absolute Gasteiger partial charge is 0.401 e. The monoisotopic (exact) mass is 382 g/mol. The van der Waals surface area contributed by atoms with Crippen molar-refractivity contribution in [2.75, 3.05) is 32.7 Å². The van der Waals surface area contributed by atoms with E-state index < -0.39 is 12.7 Å². The number of amides is 1. The lowest BCUT2D eigenvalue weighted by Gasteiger charge is -2.35. The second-order valence-corrected chi connectivity index (χ2v) is 6.24. The molecule has 21 heavy (non-hydrogen) atoms. The average molecular weight is 383 g/mol. The summed E-state index contributed by atoms with van der Waals surface area (Å²) in [5, 5.41) is 0. The van der Waals surface area contributed by atoms with Gasteiger partial charge in [0.05, 0.1) is 12.1 Å². The lowest BCUT2D eigenvalue weighted by atomic mass is 10.2. The number of carbonyl (C=O) groups excluding carboxylic acids is 1. The van der Waals surface area contributed by atoms with E-state index in [-0.39, 0.29) is 32.1 Å². The number of hydrogen-bond acceptors (Lipinski definition) is 3. The molecular weight excluding hydrogens is 369 g/mol. The summed E-state index contributed by atoms with van der Waals surface area (Å²) in [4.78, 5) is 15.8. The van der Waals surface area contributed by atoms with E-state index >= 15 is 0 Å². The molecule has 0 radical (unpaired) electrons. The van der Waals surface area contributed by atoms with Crippen LogP contribution in [-0.4, -0.2) is 54.6 Å². The molecule has 2 rings (SSSR count). The number of halogens is 4. The molecule has 0 atom stereocenters. The van der Waals surface area contributed by atoms with Gasteiger partial charge in [-0.1, -0.05) is 15.9 Å². The van der Waals surface area contributed by atoms with Gasteiger partial charge >= 0.3 is 6.18 Å². The van der Waals surface area contributed by atoms with Crippen LogP contribution in [0.2, 0.25) is 0 Å². The molecule has 0 aromatic heterocycles. The van der Waals surface area contributed by atoms with Crippen molar-refractivity contribution in [1.29, 1.82) is 0 Å². The summed E-state index contributed by atoms with van der Waals surface area (Å²) in [6.07, 6.45) is -4.20. The number of hydrogen-bond donors (Lipinski definition) is 1. The van der Waals surface area contributed by atoms with Crippen LogP contribution < -0.4 is 0 Å². The van der Waals surface area contributed by atoms with E-state index in [9.17, 15) is 18.0 Å². The van der Waals surface area contributed by atoms with Gasteiger partial charge in [0.1, 0.15) is 0 Å². The average Bonchev–Trinajstić information content (AvgIpc) is 2.37. The zero-order valence-electron chi connectivity index (χ0n) is 11.0. The molecule has 0 bridgehead atoms. The summed E-state index contributed by atoms with van der Waals surface area (Å²) in [6, 6.07) is 5.12. The third-order valence-corrected chi connectivity index (χ3v) is 4.12. The molecule has 0 N–H and O–H groups in total. The zero-order valence-corrected chi connectivity index (χ0v) is 13.5. The second-order valence-electron chi connectivity index (χ2n) is 4.84. The van der Waals surface area contributed by atoms with Gasteiger partial charge in [0, 0.05) is 35.5 Å². The molecule has 0 spiro atoms. The predicted molar refractivity (Wildman–Crippen MR) is 79.8 cm³/mol. The number of rotatable bonds is 2. The topological polar surface area (TPSA) is 23.6 Å². The van der Waals surface area contributed by atoms with Crippen LogP contribution in [0.1, 0.15) is 10.4 Å². The number of piperazine rings is 1. The Morgan fingerprint density at radius 1 is 1.24 bits per heavy atom. The van der Waals surface area contributed by atoms with Crippen LogP contribution in [-0.2, 0) is 0 Å². The second kappa shape index (κ2) is 6.58. The Balaban J connectivity index is 1.97. The van der Waals surface area contributed by atoms with Crippen LogP contribution in [0.5, 0.6) is 0 Å². The lowest BCUT2D eigenvalue weighted by molar-refractivity contribution is -0.148. The first kappa shape index (κ1) is 16.6. The van der Waals surface area contributed by atoms with Crippen molar-refractivity contribution >= 4 is 34.5 Å². The zero-order chi connectivity index (χ0) is 15.6. The first-order valence-corrected chi connectivity index (χ1v) is 7.57. The number of alkyl halides is 3. The van der Waals surface area contributed by atoms with Gasteiger partial charge in [0.2, 0.25) is 0 Å². The summed E-state index contributed by atoms with van der Waals surface area (Å²) in [7, 11) is 0. The quantitative estimate of drug-likeness (QED) is 0.794. The van der Waals surface area contributed by atoms with Crippen LogP contribution >= 0.6 is 28.6 Å². The Morgan fingerprint density at radius 2 is 1.86 bits per heavy atom. The highest BCUT2D eigenvalue weighted by atomic mass is 79.9. The number of carbonyl (C=O) groups is 1. The lowest BCUT2D eigenvalue weighted by Crippen LogP contribution is -2.51. The highest BCUT2D eigenvalue weighted by Gasteiger charge is 2.33. The summed E-state index contributed by atoms with van der Waals surface area (Å²) in [6.45, 7) is 0.106. The third kappa shape index (κ3) is 4.62. The molecule has 1 saturated heterocycles. The van der Waals surface area contributed by atoms with Crippen LogP contribution in [0.25, 0.3) is 0 Å². The number of thiol groups is 1. The first-order chi connectivity index (χ1) is 9.76. The minimum atomic E-state index is -4.20. The first-order valence-electron chi connectivity index (χ1n) is 6.33. The Labute approximate surface area is 134 Å². The minimum absolute atomic E-state index is 0.195. The van der Waals surface area contributed by atoms with E-state index in [2.05, 4.69) is 28.6 Å². The SMILES string of the molecule is O=C(c1ccc(Br)cc1S)N1CCN(CC(F)(F)F)CC1. The van der Waals surface area contributed by atoms with E-state index in [1.807, 2.05) is 0 Å². The Bertz CT molecular complexity index is 531. The van der Waals surface area contributed by atoms with Crippen molar-refractivity contribution in [2.45, 2.75) is 11.1 Å². The van der Waals surface area contributed by atoms with Crippen molar-refractivity contribution in [3.05, 3.63) is 28.2 Å². The molecule has 3 nitrogen and oxygen atoms in total. The summed E-state index contributed by atoms with van der Waals surface area (Å²) < 4.78 is 37.8. The van der Waals surface area contributed by atoms with E-state index in [0.29, 0.717) is 10.5 Å². The minimum Gasteiger partial charge on any atom is -0.336 e. The van der Waals surface area contributed by atoms with Crippen molar-refractivity contribution in [1.82, 2.24) is 9.80 Å². The normalized spacial score (nSPS) is 17.1. The molecule has 0 unspecified atom stereocenters. The van der Waals surface area contributed by atoms with E-state index in [1.165, 1.54) is 4.90 Å². The number of nitrogens with zero attached hydrogens (tertiary/aromatic N) is 2. The summed E-state index contributed by atoms with van der Waals surface area (Å²) in [5.41, 5.74) is 0.464. The fourth-order valence-electron chi connectivity index (χ4n) is 2.22. The van der Waals surface area contributed by atoms with Gasteiger partial charge in [-0.05, 0) is 18.2 Å². The van der Waals surface area contributed by atoms with Gasteiger partial charge in [-0.25, -0.2) is 0 Å². The molecule has 1 heterocycles. The Kier molecular flexibility index (Phi) is 5.21. The van der Waals surface area contributed by atoms with Crippen LogP contribution in [0.15, 0.2) is 27.6 Å². The Morgan fingerprint density at radius 3 is 2.38 bits per heavy atom. The smallest absolute Gasteiger partial charge is 0.336 e. The highest BCUT2D eigenvalue weighted by Crippen LogP contribution is 2.22. The highest BCUT2D eigenvalue weighted by molar-refractivity contribution is 9.10. The van der Waals surface area contributed by atoms with Gasteiger partial charge in [0.25, 0.3) is 5.91 Å². The standard InChI is InChI=1S/C13H14BrF3N2OS/c14-9-1-2-10(11(21)7-9)12(20)19-5-3-18(4-6-19)8-13(15,16)17/h1-2,7,21H,3-6,8H2. The van der Waals surface area contributed by atoms with Gasteiger partial charge in [-0.15, -0.1) is 12.6 Å². The fraction of sp³-hybridized carbons (Fsp3) is 0.462. The van der Waals surface area contributed by atoms with Crippen LogP contribution in [0.3, 0.4) is 0 Å². The maximum absolute atomic E-state index is 12.3. The van der Waals surface area contributed by atoms with Gasteiger partial charge < -0.3 is 4.90 Å². The summed E-state index contributed by atoms with van der Waals surface area (Å²) >= 11 is 7.55. The molecule has 0 aliphatic carbocycles. The number of benzene rings is 1. The van der Waals surface area contributed by atoms with Crippen molar-refractivity contribution < 1.29 is 18.0 Å². The van der Waals surface area contributed by atoms with Crippen molar-refractivity contribution in [3.8, 4) is 0 Å². The van der Waals surface area contributed by atoms with Crippen LogP contribution in [0, 0.1) is 0 Å². The van der Waals surface area contributed by atoms with Crippen molar-refractivity contribution in [2.24, 2.45) is 0 Å². The molecule has 1 amide bonds. The molecule has 116 valence electrons.